The Hall–Kier alpha value is -1.06. The molecule has 0 spiro atoms. The standard InChI is InChI=1S/C10H13O3/c11-8-9(12)6-7-13-10-4-2-1-3-5-10/h2-5,9,11-12H,6-8H2. The third-order valence-corrected chi connectivity index (χ3v) is 1.62. The van der Waals surface area contributed by atoms with Crippen LogP contribution < -0.4 is 4.74 Å². The first-order valence-electron chi connectivity index (χ1n) is 4.21. The highest BCUT2D eigenvalue weighted by molar-refractivity contribution is 5.20. The van der Waals surface area contributed by atoms with E-state index in [1.54, 1.807) is 24.3 Å². The summed E-state index contributed by atoms with van der Waals surface area (Å²) in [6.07, 6.45) is -0.245. The van der Waals surface area contributed by atoms with Crippen LogP contribution in [-0.4, -0.2) is 29.5 Å². The molecule has 3 nitrogen and oxygen atoms in total. The Labute approximate surface area is 77.6 Å². The molecule has 0 saturated heterocycles. The number of benzene rings is 1. The zero-order chi connectivity index (χ0) is 9.52. The lowest BCUT2D eigenvalue weighted by Crippen LogP contribution is -2.15. The molecular formula is C10H13O3. The van der Waals surface area contributed by atoms with Crippen molar-refractivity contribution in [2.45, 2.75) is 12.5 Å². The van der Waals surface area contributed by atoms with Crippen molar-refractivity contribution in [3.63, 3.8) is 0 Å². The molecule has 0 bridgehead atoms. The molecule has 1 radical (unpaired) electrons. The number of rotatable bonds is 5. The summed E-state index contributed by atoms with van der Waals surface area (Å²) in [6.45, 7) is 0.192. The first-order valence-corrected chi connectivity index (χ1v) is 4.21. The lowest BCUT2D eigenvalue weighted by molar-refractivity contribution is 0.0754. The zero-order valence-corrected chi connectivity index (χ0v) is 7.31. The quantitative estimate of drug-likeness (QED) is 0.699. The average Bonchev–Trinajstić information content (AvgIpc) is 2.19. The van der Waals surface area contributed by atoms with Gasteiger partial charge in [-0.15, -0.1) is 0 Å². The molecule has 0 aromatic heterocycles. The minimum Gasteiger partial charge on any atom is -0.493 e. The van der Waals surface area contributed by atoms with E-state index in [1.165, 1.54) is 0 Å². The van der Waals surface area contributed by atoms with Crippen LogP contribution in [0.2, 0.25) is 0 Å². The molecule has 0 aliphatic rings. The van der Waals surface area contributed by atoms with Crippen LogP contribution in [0, 0.1) is 6.07 Å². The van der Waals surface area contributed by atoms with Crippen molar-refractivity contribution in [2.24, 2.45) is 0 Å². The van der Waals surface area contributed by atoms with Crippen molar-refractivity contribution in [1.82, 2.24) is 0 Å². The molecule has 1 atom stereocenters. The van der Waals surface area contributed by atoms with Gasteiger partial charge in [-0.1, -0.05) is 12.1 Å². The second kappa shape index (κ2) is 5.56. The number of ether oxygens (including phenoxy) is 1. The Balaban J connectivity index is 2.20. The molecular weight excluding hydrogens is 168 g/mol. The number of hydrogen-bond donors (Lipinski definition) is 2. The predicted octanol–water partition coefficient (Wildman–Crippen LogP) is 0.609. The van der Waals surface area contributed by atoms with Crippen LogP contribution >= 0.6 is 0 Å². The minimum atomic E-state index is -0.685. The molecule has 71 valence electrons. The van der Waals surface area contributed by atoms with Crippen molar-refractivity contribution >= 4 is 0 Å². The molecule has 0 fully saturated rings. The fourth-order valence-electron chi connectivity index (χ4n) is 0.872. The third kappa shape index (κ3) is 3.92. The molecule has 1 rings (SSSR count). The minimum absolute atomic E-state index is 0.216. The van der Waals surface area contributed by atoms with Crippen LogP contribution in [0.1, 0.15) is 6.42 Å². The van der Waals surface area contributed by atoms with Gasteiger partial charge in [0.15, 0.2) is 0 Å². The molecule has 13 heavy (non-hydrogen) atoms. The number of hydrogen-bond acceptors (Lipinski definition) is 3. The summed E-state index contributed by atoms with van der Waals surface area (Å²) in [5, 5.41) is 17.5. The third-order valence-electron chi connectivity index (χ3n) is 1.62. The van der Waals surface area contributed by atoms with E-state index in [9.17, 15) is 0 Å². The second-order valence-electron chi connectivity index (χ2n) is 2.71. The monoisotopic (exact) mass is 181 g/mol. The maximum absolute atomic E-state index is 9.00. The molecule has 0 saturated carbocycles. The van der Waals surface area contributed by atoms with Gasteiger partial charge in [-0.3, -0.25) is 0 Å². The molecule has 0 aliphatic carbocycles. The van der Waals surface area contributed by atoms with Crippen LogP contribution in [-0.2, 0) is 0 Å². The van der Waals surface area contributed by atoms with Gasteiger partial charge >= 0.3 is 0 Å². The Kier molecular flexibility index (Phi) is 4.29. The summed E-state index contributed by atoms with van der Waals surface area (Å²) in [4.78, 5) is 0. The Morgan fingerprint density at radius 2 is 2.08 bits per heavy atom. The Morgan fingerprint density at radius 1 is 1.38 bits per heavy atom. The molecule has 3 heteroatoms. The summed E-state index contributed by atoms with van der Waals surface area (Å²) in [6, 6.07) is 9.99. The van der Waals surface area contributed by atoms with Crippen molar-refractivity contribution in [3.8, 4) is 5.75 Å². The van der Waals surface area contributed by atoms with E-state index in [0.717, 1.165) is 5.75 Å². The highest BCUT2D eigenvalue weighted by Gasteiger charge is 2.01. The van der Waals surface area contributed by atoms with Crippen LogP contribution in [0.25, 0.3) is 0 Å². The van der Waals surface area contributed by atoms with E-state index in [2.05, 4.69) is 6.07 Å². The molecule has 0 heterocycles. The topological polar surface area (TPSA) is 49.7 Å². The highest BCUT2D eigenvalue weighted by atomic mass is 16.5. The van der Waals surface area contributed by atoms with Gasteiger partial charge in [0.2, 0.25) is 0 Å². The largest absolute Gasteiger partial charge is 0.493 e. The van der Waals surface area contributed by atoms with Gasteiger partial charge in [0, 0.05) is 6.42 Å². The molecule has 0 amide bonds. The van der Waals surface area contributed by atoms with Gasteiger partial charge in [0.25, 0.3) is 0 Å². The van der Waals surface area contributed by atoms with E-state index in [1.807, 2.05) is 0 Å². The molecule has 2 N–H and O–H groups in total. The maximum atomic E-state index is 9.00. The van der Waals surface area contributed by atoms with Crippen LogP contribution in [0.15, 0.2) is 24.3 Å². The van der Waals surface area contributed by atoms with Gasteiger partial charge in [-0.25, -0.2) is 0 Å². The van der Waals surface area contributed by atoms with Gasteiger partial charge < -0.3 is 14.9 Å². The fourth-order valence-corrected chi connectivity index (χ4v) is 0.872. The summed E-state index contributed by atoms with van der Waals surface area (Å²) in [7, 11) is 0. The fraction of sp³-hybridized carbons (Fsp3) is 0.400. The lowest BCUT2D eigenvalue weighted by Gasteiger charge is -2.08. The maximum Gasteiger partial charge on any atom is 0.119 e. The highest BCUT2D eigenvalue weighted by Crippen LogP contribution is 2.08. The number of aliphatic hydroxyl groups excluding tert-OH is 2. The summed E-state index contributed by atoms with van der Waals surface area (Å²) in [5.74, 6) is 0.754. The first kappa shape index (κ1) is 10.0. The zero-order valence-electron chi connectivity index (χ0n) is 7.31. The smallest absolute Gasteiger partial charge is 0.119 e. The predicted molar refractivity (Wildman–Crippen MR) is 48.5 cm³/mol. The SMILES string of the molecule is OCC(O)CCOc1cc[c]cc1. The van der Waals surface area contributed by atoms with E-state index in [4.69, 9.17) is 14.9 Å². The summed E-state index contributed by atoms with van der Waals surface area (Å²) < 4.78 is 5.29. The van der Waals surface area contributed by atoms with Crippen LogP contribution in [0.4, 0.5) is 0 Å². The summed E-state index contributed by atoms with van der Waals surface area (Å²) in [5.41, 5.74) is 0. The molecule has 0 aliphatic heterocycles. The van der Waals surface area contributed by atoms with E-state index >= 15 is 0 Å². The van der Waals surface area contributed by atoms with E-state index in [0.29, 0.717) is 13.0 Å². The number of aliphatic hydroxyl groups is 2. The van der Waals surface area contributed by atoms with E-state index in [-0.39, 0.29) is 6.61 Å². The summed E-state index contributed by atoms with van der Waals surface area (Å²) >= 11 is 0. The first-order chi connectivity index (χ1) is 6.33. The molecule has 1 aromatic carbocycles. The van der Waals surface area contributed by atoms with E-state index < -0.39 is 6.10 Å². The van der Waals surface area contributed by atoms with Crippen molar-refractivity contribution in [1.29, 1.82) is 0 Å². The van der Waals surface area contributed by atoms with Crippen molar-refractivity contribution < 1.29 is 14.9 Å². The Morgan fingerprint density at radius 3 is 2.69 bits per heavy atom. The van der Waals surface area contributed by atoms with Crippen molar-refractivity contribution in [3.05, 3.63) is 30.3 Å². The van der Waals surface area contributed by atoms with Gasteiger partial charge in [0.05, 0.1) is 19.3 Å². The van der Waals surface area contributed by atoms with Crippen molar-refractivity contribution in [2.75, 3.05) is 13.2 Å². The molecule has 1 aromatic rings. The Bertz CT molecular complexity index is 223. The molecule has 1 unspecified atom stereocenters. The van der Waals surface area contributed by atoms with Gasteiger partial charge in [0.1, 0.15) is 5.75 Å². The van der Waals surface area contributed by atoms with Gasteiger partial charge in [-0.05, 0) is 18.2 Å². The van der Waals surface area contributed by atoms with Crippen LogP contribution in [0.5, 0.6) is 5.75 Å². The van der Waals surface area contributed by atoms with Gasteiger partial charge in [-0.2, -0.15) is 0 Å². The normalized spacial score (nSPS) is 12.5. The lowest BCUT2D eigenvalue weighted by atomic mass is 10.3. The van der Waals surface area contributed by atoms with Crippen LogP contribution in [0.3, 0.4) is 0 Å². The second-order valence-corrected chi connectivity index (χ2v) is 2.71. The average molecular weight is 181 g/mol.